The van der Waals surface area contributed by atoms with E-state index in [2.05, 4.69) is 25.7 Å². The minimum atomic E-state index is -0.286. The molecule has 0 spiro atoms. The van der Waals surface area contributed by atoms with Crippen LogP contribution in [0.15, 0.2) is 59.4 Å². The first-order chi connectivity index (χ1) is 15.1. The first kappa shape index (κ1) is 19.1. The molecule has 4 aromatic rings. The molecular formula is C22H19FN6O2. The van der Waals surface area contributed by atoms with Gasteiger partial charge in [0.15, 0.2) is 5.82 Å². The minimum Gasteiger partial charge on any atom is -0.371 e. The van der Waals surface area contributed by atoms with Crippen molar-refractivity contribution in [3.05, 3.63) is 87.7 Å². The summed E-state index contributed by atoms with van der Waals surface area (Å²) < 4.78 is 21.1. The number of fused-ring (bicyclic) bond motifs is 1. The molecule has 3 heterocycles. The van der Waals surface area contributed by atoms with Crippen LogP contribution in [0.2, 0.25) is 0 Å². The molecule has 0 bridgehead atoms. The van der Waals surface area contributed by atoms with Crippen LogP contribution in [0.4, 0.5) is 16.0 Å². The number of aryl methyl sites for hydroxylation is 1. The molecule has 0 saturated carbocycles. The van der Waals surface area contributed by atoms with Gasteiger partial charge in [0, 0.05) is 17.3 Å². The highest BCUT2D eigenvalue weighted by Crippen LogP contribution is 2.31. The maximum absolute atomic E-state index is 13.4. The third kappa shape index (κ3) is 3.71. The molecule has 0 amide bonds. The van der Waals surface area contributed by atoms with E-state index in [0.29, 0.717) is 30.7 Å². The monoisotopic (exact) mass is 418 g/mol. The van der Waals surface area contributed by atoms with E-state index in [1.165, 1.54) is 18.2 Å². The molecule has 8 nitrogen and oxygen atoms in total. The van der Waals surface area contributed by atoms with E-state index < -0.39 is 0 Å². The number of benzene rings is 2. The molecule has 2 N–H and O–H groups in total. The predicted octanol–water partition coefficient (Wildman–Crippen LogP) is 3.34. The number of nitrogens with one attached hydrogen (secondary N) is 2. The molecule has 0 saturated heterocycles. The number of aromatic amines is 1. The highest BCUT2D eigenvalue weighted by Gasteiger charge is 2.27. The number of hydrogen-bond acceptors (Lipinski definition) is 6. The first-order valence-electron chi connectivity index (χ1n) is 9.79. The molecule has 0 radical (unpaired) electrons. The van der Waals surface area contributed by atoms with E-state index in [9.17, 15) is 9.18 Å². The Labute approximate surface area is 176 Å². The summed E-state index contributed by atoms with van der Waals surface area (Å²) in [7, 11) is 0. The minimum absolute atomic E-state index is 0.175. The van der Waals surface area contributed by atoms with Gasteiger partial charge in [-0.25, -0.2) is 9.49 Å². The summed E-state index contributed by atoms with van der Waals surface area (Å²) in [5.74, 6) is 0.979. The summed E-state index contributed by atoms with van der Waals surface area (Å²) in [5, 5.41) is 18.5. The molecule has 0 aliphatic carbocycles. The van der Waals surface area contributed by atoms with Crippen molar-refractivity contribution in [2.45, 2.75) is 19.6 Å². The van der Waals surface area contributed by atoms with E-state index in [1.807, 2.05) is 29.7 Å². The zero-order valence-corrected chi connectivity index (χ0v) is 16.7. The molecule has 1 unspecified atom stereocenters. The average molecular weight is 418 g/mol. The van der Waals surface area contributed by atoms with Crippen LogP contribution >= 0.6 is 0 Å². The first-order valence-corrected chi connectivity index (χ1v) is 9.79. The highest BCUT2D eigenvalue weighted by molar-refractivity contribution is 5.69. The topological polar surface area (TPSA) is 97.7 Å². The summed E-state index contributed by atoms with van der Waals surface area (Å²) in [5.41, 5.74) is 4.01. The summed E-state index contributed by atoms with van der Waals surface area (Å²) in [6.07, 6.45) is 0. The van der Waals surface area contributed by atoms with Crippen molar-refractivity contribution in [2.75, 3.05) is 11.9 Å². The zero-order valence-electron chi connectivity index (χ0n) is 16.7. The average Bonchev–Trinajstić information content (AvgIpc) is 3.19. The van der Waals surface area contributed by atoms with Gasteiger partial charge in [-0.1, -0.05) is 24.3 Å². The Balaban J connectivity index is 1.51. The highest BCUT2D eigenvalue weighted by atomic mass is 19.1. The number of ether oxygens (including phenoxy) is 1. The Bertz CT molecular complexity index is 1280. The van der Waals surface area contributed by atoms with E-state index in [1.54, 1.807) is 18.2 Å². The summed E-state index contributed by atoms with van der Waals surface area (Å²) in [6, 6.07) is 15.2. The van der Waals surface area contributed by atoms with Crippen molar-refractivity contribution in [1.82, 2.24) is 25.0 Å². The number of rotatable bonds is 4. The van der Waals surface area contributed by atoms with Crippen molar-refractivity contribution in [1.29, 1.82) is 0 Å². The van der Waals surface area contributed by atoms with Crippen LogP contribution in [0.3, 0.4) is 0 Å². The molecule has 1 aliphatic heterocycles. The van der Waals surface area contributed by atoms with Crippen LogP contribution in [-0.2, 0) is 11.3 Å². The Morgan fingerprint density at radius 3 is 2.74 bits per heavy atom. The third-order valence-corrected chi connectivity index (χ3v) is 5.30. The van der Waals surface area contributed by atoms with E-state index in [0.717, 1.165) is 22.4 Å². The second kappa shape index (κ2) is 7.77. The number of hydrogen-bond donors (Lipinski definition) is 2. The van der Waals surface area contributed by atoms with Crippen molar-refractivity contribution in [2.24, 2.45) is 0 Å². The third-order valence-electron chi connectivity index (χ3n) is 5.30. The molecule has 5 rings (SSSR count). The maximum Gasteiger partial charge on any atom is 0.264 e. The van der Waals surface area contributed by atoms with Gasteiger partial charge < -0.3 is 10.1 Å². The second-order valence-electron chi connectivity index (χ2n) is 7.35. The van der Waals surface area contributed by atoms with E-state index >= 15 is 0 Å². The normalized spacial score (nSPS) is 15.5. The van der Waals surface area contributed by atoms with Gasteiger partial charge in [-0.05, 0) is 42.3 Å². The SMILES string of the molecule is Cc1ccc(-c2ccc(=O)[nH]n2)cc1Nc1nnc2n1C(c1ccc(F)cc1)COC2. The van der Waals surface area contributed by atoms with Crippen LogP contribution in [0.25, 0.3) is 11.3 Å². The summed E-state index contributed by atoms with van der Waals surface area (Å²) in [4.78, 5) is 11.3. The number of aromatic nitrogens is 5. The largest absolute Gasteiger partial charge is 0.371 e. The van der Waals surface area contributed by atoms with Crippen molar-refractivity contribution in [3.63, 3.8) is 0 Å². The Morgan fingerprint density at radius 2 is 1.97 bits per heavy atom. The molecular weight excluding hydrogens is 399 g/mol. The molecule has 9 heteroatoms. The van der Waals surface area contributed by atoms with Crippen molar-refractivity contribution in [3.8, 4) is 11.3 Å². The zero-order chi connectivity index (χ0) is 21.4. The Hall–Kier alpha value is -3.85. The van der Waals surface area contributed by atoms with Gasteiger partial charge in [0.25, 0.3) is 5.56 Å². The lowest BCUT2D eigenvalue weighted by molar-refractivity contribution is 0.0670. The van der Waals surface area contributed by atoms with Crippen LogP contribution in [0.1, 0.15) is 23.0 Å². The molecule has 2 aromatic carbocycles. The molecule has 2 aromatic heterocycles. The van der Waals surface area contributed by atoms with Crippen LogP contribution in [-0.4, -0.2) is 31.6 Å². The molecule has 0 fully saturated rings. The quantitative estimate of drug-likeness (QED) is 0.528. The fourth-order valence-corrected chi connectivity index (χ4v) is 3.64. The van der Waals surface area contributed by atoms with Crippen molar-refractivity contribution < 1.29 is 9.13 Å². The lowest BCUT2D eigenvalue weighted by atomic mass is 10.1. The van der Waals surface area contributed by atoms with Crippen LogP contribution in [0.5, 0.6) is 0 Å². The van der Waals surface area contributed by atoms with Crippen molar-refractivity contribution >= 4 is 11.6 Å². The standard InChI is InChI=1S/C22H19FN6O2/c1-13-2-3-15(17-8-9-21(30)27-25-17)10-18(13)24-22-28-26-20-12-31-11-19(29(20)22)14-4-6-16(23)7-5-14/h2-10,19H,11-12H2,1H3,(H,24,28)(H,27,30). The van der Waals surface area contributed by atoms with Crippen LogP contribution < -0.4 is 10.9 Å². The van der Waals surface area contributed by atoms with Crippen LogP contribution in [0, 0.1) is 12.7 Å². The van der Waals surface area contributed by atoms with Gasteiger partial charge in [-0.15, -0.1) is 10.2 Å². The molecule has 1 atom stereocenters. The second-order valence-corrected chi connectivity index (χ2v) is 7.35. The van der Waals surface area contributed by atoms with Gasteiger partial charge in [-0.3, -0.25) is 9.36 Å². The van der Waals surface area contributed by atoms with Gasteiger partial charge in [0.05, 0.1) is 18.3 Å². The number of H-pyrrole nitrogens is 1. The van der Waals surface area contributed by atoms with Gasteiger partial charge >= 0.3 is 0 Å². The summed E-state index contributed by atoms with van der Waals surface area (Å²) in [6.45, 7) is 2.78. The lowest BCUT2D eigenvalue weighted by Gasteiger charge is -2.27. The number of halogens is 1. The van der Waals surface area contributed by atoms with Gasteiger partial charge in [0.1, 0.15) is 12.4 Å². The molecule has 31 heavy (non-hydrogen) atoms. The maximum atomic E-state index is 13.4. The predicted molar refractivity (Wildman–Crippen MR) is 113 cm³/mol. The fourth-order valence-electron chi connectivity index (χ4n) is 3.64. The van der Waals surface area contributed by atoms with Gasteiger partial charge in [-0.2, -0.15) is 5.10 Å². The number of anilines is 2. The fraction of sp³-hybridized carbons (Fsp3) is 0.182. The molecule has 156 valence electrons. The van der Waals surface area contributed by atoms with Gasteiger partial charge in [0.2, 0.25) is 5.95 Å². The number of nitrogens with zero attached hydrogens (tertiary/aromatic N) is 4. The molecule has 1 aliphatic rings. The lowest BCUT2D eigenvalue weighted by Crippen LogP contribution is -2.25. The van der Waals surface area contributed by atoms with E-state index in [-0.39, 0.29) is 17.4 Å². The Morgan fingerprint density at radius 1 is 1.13 bits per heavy atom. The Kier molecular flexibility index (Phi) is 4.79. The summed E-state index contributed by atoms with van der Waals surface area (Å²) >= 11 is 0. The smallest absolute Gasteiger partial charge is 0.264 e. The van der Waals surface area contributed by atoms with E-state index in [4.69, 9.17) is 4.74 Å².